The third-order valence-electron chi connectivity index (χ3n) is 5.01. The lowest BCUT2D eigenvalue weighted by Crippen LogP contribution is -2.46. The molecule has 0 saturated carbocycles. The van der Waals surface area contributed by atoms with Gasteiger partial charge in [0.1, 0.15) is 6.61 Å². The van der Waals surface area contributed by atoms with Crippen molar-refractivity contribution >= 4 is 12.0 Å². The number of aliphatic hydroxyl groups excluding tert-OH is 1. The summed E-state index contributed by atoms with van der Waals surface area (Å²) >= 11 is 0. The highest BCUT2D eigenvalue weighted by Crippen LogP contribution is 2.22. The van der Waals surface area contributed by atoms with Gasteiger partial charge < -0.3 is 15.6 Å². The average Bonchev–Trinajstić information content (AvgIpc) is 3.07. The molecule has 148 valence electrons. The number of rotatable bonds is 8. The van der Waals surface area contributed by atoms with E-state index < -0.39 is 17.9 Å². The average molecular weight is 382 g/mol. The second kappa shape index (κ2) is 9.48. The molecule has 0 bridgehead atoms. The molecule has 3 atom stereocenters. The normalized spacial score (nSPS) is 18.6. The molecule has 1 aliphatic rings. The summed E-state index contributed by atoms with van der Waals surface area (Å²) < 4.78 is 5.12. The van der Waals surface area contributed by atoms with E-state index in [0.29, 0.717) is 19.3 Å². The Morgan fingerprint density at radius 1 is 1.11 bits per heavy atom. The van der Waals surface area contributed by atoms with Crippen LogP contribution in [0.25, 0.3) is 0 Å². The van der Waals surface area contributed by atoms with Crippen LogP contribution in [0.3, 0.4) is 0 Å². The van der Waals surface area contributed by atoms with Crippen molar-refractivity contribution in [2.45, 2.75) is 31.3 Å². The summed E-state index contributed by atoms with van der Waals surface area (Å²) in [7, 11) is 0. The molecule has 0 aliphatic carbocycles. The number of amides is 2. The maximum Gasteiger partial charge on any atom is 0.416 e. The number of ether oxygens (including phenoxy) is 1. The molecule has 0 radical (unpaired) electrons. The van der Waals surface area contributed by atoms with Crippen LogP contribution in [0.15, 0.2) is 60.7 Å². The van der Waals surface area contributed by atoms with Crippen LogP contribution in [0.2, 0.25) is 0 Å². The minimum Gasteiger partial charge on any atom is -0.447 e. The minimum atomic E-state index is -0.734. The van der Waals surface area contributed by atoms with Gasteiger partial charge in [-0.25, -0.2) is 9.69 Å². The maximum atomic E-state index is 13.0. The summed E-state index contributed by atoms with van der Waals surface area (Å²) in [5.41, 5.74) is 8.30. The van der Waals surface area contributed by atoms with E-state index in [-0.39, 0.29) is 25.3 Å². The first-order valence-corrected chi connectivity index (χ1v) is 9.52. The number of carbonyl (C=O) groups excluding carboxylic acids is 2. The summed E-state index contributed by atoms with van der Waals surface area (Å²) in [6.07, 6.45) is 0.766. The number of hydrogen-bond acceptors (Lipinski definition) is 5. The van der Waals surface area contributed by atoms with Crippen molar-refractivity contribution in [3.05, 3.63) is 71.8 Å². The molecule has 1 saturated heterocycles. The Morgan fingerprint density at radius 2 is 1.71 bits per heavy atom. The highest BCUT2D eigenvalue weighted by atomic mass is 16.6. The number of aliphatic hydroxyl groups is 1. The Morgan fingerprint density at radius 3 is 2.32 bits per heavy atom. The van der Waals surface area contributed by atoms with Crippen molar-refractivity contribution in [2.24, 2.45) is 11.7 Å². The zero-order chi connectivity index (χ0) is 19.9. The zero-order valence-electron chi connectivity index (χ0n) is 15.7. The Kier molecular flexibility index (Phi) is 6.79. The van der Waals surface area contributed by atoms with Crippen molar-refractivity contribution in [1.29, 1.82) is 0 Å². The second-order valence-corrected chi connectivity index (χ2v) is 7.19. The van der Waals surface area contributed by atoms with Gasteiger partial charge in [-0.15, -0.1) is 0 Å². The largest absolute Gasteiger partial charge is 0.447 e. The highest BCUT2D eigenvalue weighted by molar-refractivity contribution is 5.95. The molecule has 2 aromatic rings. The highest BCUT2D eigenvalue weighted by Gasteiger charge is 2.40. The van der Waals surface area contributed by atoms with Gasteiger partial charge in [-0.1, -0.05) is 60.7 Å². The van der Waals surface area contributed by atoms with Crippen molar-refractivity contribution in [3.63, 3.8) is 0 Å². The van der Waals surface area contributed by atoms with Gasteiger partial charge in [0.05, 0.1) is 18.6 Å². The van der Waals surface area contributed by atoms with E-state index in [1.807, 2.05) is 60.7 Å². The van der Waals surface area contributed by atoms with Gasteiger partial charge >= 0.3 is 6.09 Å². The van der Waals surface area contributed by atoms with Gasteiger partial charge in [0.25, 0.3) is 0 Å². The van der Waals surface area contributed by atoms with Crippen molar-refractivity contribution < 1.29 is 19.4 Å². The molecule has 0 aromatic heterocycles. The quantitative estimate of drug-likeness (QED) is 0.730. The van der Waals surface area contributed by atoms with Crippen molar-refractivity contribution in [1.82, 2.24) is 4.90 Å². The molecular weight excluding hydrogens is 356 g/mol. The number of cyclic esters (lactones) is 1. The summed E-state index contributed by atoms with van der Waals surface area (Å²) in [6.45, 7) is -0.198. The fourth-order valence-corrected chi connectivity index (χ4v) is 3.58. The summed E-state index contributed by atoms with van der Waals surface area (Å²) in [6, 6.07) is 18.7. The Labute approximate surface area is 164 Å². The van der Waals surface area contributed by atoms with Crippen molar-refractivity contribution in [2.75, 3.05) is 13.2 Å². The number of benzene rings is 2. The van der Waals surface area contributed by atoms with Gasteiger partial charge in [0.15, 0.2) is 0 Å². The van der Waals surface area contributed by atoms with Crippen LogP contribution in [0.1, 0.15) is 17.5 Å². The molecule has 1 fully saturated rings. The summed E-state index contributed by atoms with van der Waals surface area (Å²) in [5, 5.41) is 9.78. The van der Waals surface area contributed by atoms with Crippen LogP contribution in [-0.2, 0) is 22.4 Å². The number of nitrogens with two attached hydrogens (primary N) is 1. The Balaban J connectivity index is 1.65. The van der Waals surface area contributed by atoms with Crippen LogP contribution in [0.5, 0.6) is 0 Å². The lowest BCUT2D eigenvalue weighted by molar-refractivity contribution is -0.135. The van der Waals surface area contributed by atoms with E-state index in [0.717, 1.165) is 16.0 Å². The van der Waals surface area contributed by atoms with Crippen LogP contribution in [0, 0.1) is 5.92 Å². The van der Waals surface area contributed by atoms with E-state index in [9.17, 15) is 14.7 Å². The van der Waals surface area contributed by atoms with Gasteiger partial charge in [-0.2, -0.15) is 0 Å². The maximum absolute atomic E-state index is 13.0. The Bertz CT molecular complexity index is 782. The van der Waals surface area contributed by atoms with Crippen LogP contribution < -0.4 is 5.73 Å². The third kappa shape index (κ3) is 4.97. The molecular formula is C22H26N2O4. The Hall–Kier alpha value is -2.70. The molecule has 3 N–H and O–H groups in total. The van der Waals surface area contributed by atoms with Crippen molar-refractivity contribution in [3.8, 4) is 0 Å². The molecule has 2 amide bonds. The molecule has 1 heterocycles. The fraction of sp³-hybridized carbons (Fsp3) is 0.364. The van der Waals surface area contributed by atoms with E-state index >= 15 is 0 Å². The number of nitrogens with zero attached hydrogens (tertiary/aromatic N) is 1. The molecule has 2 aromatic carbocycles. The number of carbonyl (C=O) groups is 2. The van der Waals surface area contributed by atoms with Crippen LogP contribution >= 0.6 is 0 Å². The summed E-state index contributed by atoms with van der Waals surface area (Å²) in [5.74, 6) is -1.16. The number of imide groups is 1. The first-order valence-electron chi connectivity index (χ1n) is 9.52. The summed E-state index contributed by atoms with van der Waals surface area (Å²) in [4.78, 5) is 26.3. The van der Waals surface area contributed by atoms with Gasteiger partial charge in [0, 0.05) is 6.04 Å². The standard InChI is InChI=1S/C22H26N2O4/c23-19(11-16-7-3-1-4-8-16)13-18(14-25)21(26)24-20(15-28-22(24)27)12-17-9-5-2-6-10-17/h1-10,18-20,25H,11-15,23H2/t18-,19-,20-/m0/s1. The molecule has 6 heteroatoms. The van der Waals surface area contributed by atoms with Crippen LogP contribution in [-0.4, -0.2) is 47.3 Å². The SMILES string of the molecule is N[C@@H](Cc1ccccc1)C[C@@H](CO)C(=O)N1C(=O)OC[C@@H]1Cc1ccccc1. The molecule has 28 heavy (non-hydrogen) atoms. The van der Waals surface area contributed by atoms with E-state index in [1.54, 1.807) is 0 Å². The fourth-order valence-electron chi connectivity index (χ4n) is 3.58. The lowest BCUT2D eigenvalue weighted by atomic mass is 9.94. The van der Waals surface area contributed by atoms with Crippen LogP contribution in [0.4, 0.5) is 4.79 Å². The second-order valence-electron chi connectivity index (χ2n) is 7.19. The monoisotopic (exact) mass is 382 g/mol. The van der Waals surface area contributed by atoms with E-state index in [4.69, 9.17) is 10.5 Å². The zero-order valence-corrected chi connectivity index (χ0v) is 15.7. The first kappa shape index (κ1) is 20.0. The van der Waals surface area contributed by atoms with Gasteiger partial charge in [-0.05, 0) is 30.4 Å². The van der Waals surface area contributed by atoms with Gasteiger partial charge in [-0.3, -0.25) is 4.79 Å². The first-order chi connectivity index (χ1) is 13.6. The molecule has 0 unspecified atom stereocenters. The molecule has 1 aliphatic heterocycles. The molecule has 0 spiro atoms. The minimum absolute atomic E-state index is 0.160. The topological polar surface area (TPSA) is 92.9 Å². The third-order valence-corrected chi connectivity index (χ3v) is 5.01. The molecule has 6 nitrogen and oxygen atoms in total. The smallest absolute Gasteiger partial charge is 0.416 e. The lowest BCUT2D eigenvalue weighted by Gasteiger charge is -2.25. The molecule has 3 rings (SSSR count). The van der Waals surface area contributed by atoms with Gasteiger partial charge in [0.2, 0.25) is 5.91 Å². The number of hydrogen-bond donors (Lipinski definition) is 2. The van der Waals surface area contributed by atoms with E-state index in [1.165, 1.54) is 0 Å². The predicted molar refractivity (Wildman–Crippen MR) is 105 cm³/mol. The predicted octanol–water partition coefficient (Wildman–Crippen LogP) is 2.15. The van der Waals surface area contributed by atoms with E-state index in [2.05, 4.69) is 0 Å².